The number of nitrogens with one attached hydrogen (secondary N) is 1. The van der Waals surface area contributed by atoms with Gasteiger partial charge < -0.3 is 14.8 Å². The predicted molar refractivity (Wildman–Crippen MR) is 79.4 cm³/mol. The number of esters is 1. The molecule has 0 aliphatic rings. The molecule has 0 saturated carbocycles. The molecule has 0 unspecified atom stereocenters. The van der Waals surface area contributed by atoms with Gasteiger partial charge in [-0.15, -0.1) is 0 Å². The zero-order valence-corrected chi connectivity index (χ0v) is 13.7. The highest BCUT2D eigenvalue weighted by Gasteiger charge is 2.22. The molecule has 1 rings (SSSR count). The minimum Gasteiger partial charge on any atom is -0.451 e. The third kappa shape index (κ3) is 5.16. The van der Waals surface area contributed by atoms with E-state index in [1.54, 1.807) is 0 Å². The van der Waals surface area contributed by atoms with Crippen LogP contribution in [0.4, 0.5) is 0 Å². The summed E-state index contributed by atoms with van der Waals surface area (Å²) in [6.07, 6.45) is 0. The standard InChI is InChI=1S/C11H10Cl4N2O4/c1-20-3-2-16-5(18)4-21-11(19)9-7(13)6(12)8(14)10(15)17-9/h2-4H2,1H3,(H,16,18). The van der Waals surface area contributed by atoms with Crippen molar-refractivity contribution in [3.63, 3.8) is 0 Å². The van der Waals surface area contributed by atoms with Crippen LogP contribution in [-0.2, 0) is 14.3 Å². The number of aromatic nitrogens is 1. The van der Waals surface area contributed by atoms with Gasteiger partial charge in [0.05, 0.1) is 21.7 Å². The SMILES string of the molecule is COCCNC(=O)COC(=O)c1nc(Cl)c(Cl)c(Cl)c1Cl. The molecule has 0 atom stereocenters. The van der Waals surface area contributed by atoms with Crippen LogP contribution in [0.1, 0.15) is 10.5 Å². The Hall–Kier alpha value is -0.790. The molecule has 0 saturated heterocycles. The van der Waals surface area contributed by atoms with E-state index in [1.807, 2.05) is 0 Å². The predicted octanol–water partition coefficient (Wildman–Crippen LogP) is 2.61. The number of rotatable bonds is 6. The fourth-order valence-corrected chi connectivity index (χ4v) is 1.97. The van der Waals surface area contributed by atoms with Crippen LogP contribution in [-0.4, -0.2) is 43.7 Å². The van der Waals surface area contributed by atoms with Crippen LogP contribution in [0, 0.1) is 0 Å². The van der Waals surface area contributed by atoms with Crippen LogP contribution in [0.2, 0.25) is 20.2 Å². The first-order valence-corrected chi connectivity index (χ1v) is 7.02. The van der Waals surface area contributed by atoms with E-state index in [1.165, 1.54) is 7.11 Å². The zero-order chi connectivity index (χ0) is 16.0. The molecule has 0 bridgehead atoms. The average molecular weight is 376 g/mol. The number of carbonyl (C=O) groups excluding carboxylic acids is 2. The second kappa shape index (κ2) is 8.60. The quantitative estimate of drug-likeness (QED) is 0.469. The van der Waals surface area contributed by atoms with E-state index in [4.69, 9.17) is 55.9 Å². The van der Waals surface area contributed by atoms with E-state index in [2.05, 4.69) is 10.3 Å². The summed E-state index contributed by atoms with van der Waals surface area (Å²) >= 11 is 23.0. The van der Waals surface area contributed by atoms with Gasteiger partial charge in [0.25, 0.3) is 5.91 Å². The van der Waals surface area contributed by atoms with Gasteiger partial charge in [-0.3, -0.25) is 4.79 Å². The first-order chi connectivity index (χ1) is 9.88. The molecule has 0 spiro atoms. The Morgan fingerprint density at radius 3 is 2.43 bits per heavy atom. The average Bonchev–Trinajstić information content (AvgIpc) is 2.46. The molecule has 1 aromatic heterocycles. The van der Waals surface area contributed by atoms with Crippen LogP contribution in [0.3, 0.4) is 0 Å². The van der Waals surface area contributed by atoms with Gasteiger partial charge in [-0.2, -0.15) is 0 Å². The molecule has 116 valence electrons. The molecule has 0 aliphatic carbocycles. The van der Waals surface area contributed by atoms with E-state index in [0.717, 1.165) is 0 Å². The Balaban J connectivity index is 2.67. The summed E-state index contributed by atoms with van der Waals surface area (Å²) in [4.78, 5) is 26.8. The normalized spacial score (nSPS) is 10.3. The molecule has 1 aromatic rings. The molecule has 0 fully saturated rings. The topological polar surface area (TPSA) is 77.5 Å². The molecule has 21 heavy (non-hydrogen) atoms. The van der Waals surface area contributed by atoms with E-state index in [-0.39, 0.29) is 25.9 Å². The van der Waals surface area contributed by atoms with Gasteiger partial charge in [-0.1, -0.05) is 46.4 Å². The summed E-state index contributed by atoms with van der Waals surface area (Å²) in [5.74, 6) is -1.44. The summed E-state index contributed by atoms with van der Waals surface area (Å²) in [6, 6.07) is 0. The van der Waals surface area contributed by atoms with Gasteiger partial charge in [0.1, 0.15) is 5.15 Å². The highest BCUT2D eigenvalue weighted by atomic mass is 35.5. The van der Waals surface area contributed by atoms with Crippen LogP contribution in [0.15, 0.2) is 0 Å². The van der Waals surface area contributed by atoms with Gasteiger partial charge in [-0.25, -0.2) is 9.78 Å². The Kier molecular flexibility index (Phi) is 7.48. The zero-order valence-electron chi connectivity index (χ0n) is 10.7. The third-order valence-electron chi connectivity index (χ3n) is 2.14. The van der Waals surface area contributed by atoms with E-state index in [0.29, 0.717) is 13.2 Å². The van der Waals surface area contributed by atoms with Gasteiger partial charge in [-0.05, 0) is 0 Å². The summed E-state index contributed by atoms with van der Waals surface area (Å²) < 4.78 is 9.50. The fourth-order valence-electron chi connectivity index (χ4n) is 1.17. The van der Waals surface area contributed by atoms with E-state index >= 15 is 0 Å². The summed E-state index contributed by atoms with van der Waals surface area (Å²) in [6.45, 7) is 0.137. The molecular formula is C11H10Cl4N2O4. The lowest BCUT2D eigenvalue weighted by Gasteiger charge is -2.08. The molecule has 1 heterocycles. The monoisotopic (exact) mass is 374 g/mol. The molecule has 6 nitrogen and oxygen atoms in total. The molecule has 0 radical (unpaired) electrons. The van der Waals surface area contributed by atoms with Crippen molar-refractivity contribution >= 4 is 58.3 Å². The molecule has 1 N–H and O–H groups in total. The maximum absolute atomic E-state index is 11.8. The molecule has 0 aliphatic heterocycles. The molecule has 0 aromatic carbocycles. The van der Waals surface area contributed by atoms with Gasteiger partial charge in [0, 0.05) is 13.7 Å². The summed E-state index contributed by atoms with van der Waals surface area (Å²) in [7, 11) is 1.49. The fraction of sp³-hybridized carbons (Fsp3) is 0.364. The number of nitrogens with zero attached hydrogens (tertiary/aromatic N) is 1. The lowest BCUT2D eigenvalue weighted by atomic mass is 10.3. The van der Waals surface area contributed by atoms with E-state index < -0.39 is 18.5 Å². The number of ether oxygens (including phenoxy) is 2. The number of halogens is 4. The lowest BCUT2D eigenvalue weighted by Crippen LogP contribution is -2.31. The van der Waals surface area contributed by atoms with Crippen LogP contribution < -0.4 is 5.32 Å². The Morgan fingerprint density at radius 2 is 1.81 bits per heavy atom. The van der Waals surface area contributed by atoms with Crippen molar-refractivity contribution in [1.82, 2.24) is 10.3 Å². The van der Waals surface area contributed by atoms with Crippen molar-refractivity contribution in [2.45, 2.75) is 0 Å². The van der Waals surface area contributed by atoms with Gasteiger partial charge >= 0.3 is 5.97 Å². The largest absolute Gasteiger partial charge is 0.451 e. The molecule has 1 amide bonds. The number of carbonyl (C=O) groups is 2. The Morgan fingerprint density at radius 1 is 1.14 bits per heavy atom. The van der Waals surface area contributed by atoms with Crippen molar-refractivity contribution in [1.29, 1.82) is 0 Å². The summed E-state index contributed by atoms with van der Waals surface area (Å²) in [5, 5.41) is 1.89. The number of pyridine rings is 1. The van der Waals surface area contributed by atoms with Crippen LogP contribution in [0.5, 0.6) is 0 Å². The van der Waals surface area contributed by atoms with Crippen molar-refractivity contribution in [3.8, 4) is 0 Å². The third-order valence-corrected chi connectivity index (χ3v) is 3.82. The first kappa shape index (κ1) is 18.3. The smallest absolute Gasteiger partial charge is 0.359 e. The Bertz CT molecular complexity index is 554. The first-order valence-electron chi connectivity index (χ1n) is 5.51. The minimum atomic E-state index is -0.942. The van der Waals surface area contributed by atoms with Crippen molar-refractivity contribution in [2.75, 3.05) is 26.9 Å². The highest BCUT2D eigenvalue weighted by Crippen LogP contribution is 2.36. The maximum atomic E-state index is 11.8. The second-order valence-corrected chi connectivity index (χ2v) is 5.10. The maximum Gasteiger partial charge on any atom is 0.359 e. The Labute approximate surface area is 140 Å². The second-order valence-electron chi connectivity index (χ2n) is 3.61. The highest BCUT2D eigenvalue weighted by molar-refractivity contribution is 6.52. The van der Waals surface area contributed by atoms with Crippen LogP contribution in [0.25, 0.3) is 0 Å². The number of methoxy groups -OCH3 is 1. The molecular weight excluding hydrogens is 366 g/mol. The molecule has 10 heteroatoms. The van der Waals surface area contributed by atoms with Crippen LogP contribution >= 0.6 is 46.4 Å². The number of hydrogen-bond acceptors (Lipinski definition) is 5. The van der Waals surface area contributed by atoms with Crippen molar-refractivity contribution < 1.29 is 19.1 Å². The number of amides is 1. The van der Waals surface area contributed by atoms with E-state index in [9.17, 15) is 9.59 Å². The minimum absolute atomic E-state index is 0.0720. The van der Waals surface area contributed by atoms with Gasteiger partial charge in [0.15, 0.2) is 12.3 Å². The summed E-state index contributed by atoms with van der Waals surface area (Å²) in [5.41, 5.74) is -0.319. The lowest BCUT2D eigenvalue weighted by molar-refractivity contribution is -0.124. The van der Waals surface area contributed by atoms with Gasteiger partial charge in [0.2, 0.25) is 0 Å². The van der Waals surface area contributed by atoms with Crippen molar-refractivity contribution in [3.05, 3.63) is 25.9 Å². The number of hydrogen-bond donors (Lipinski definition) is 1. The van der Waals surface area contributed by atoms with Crippen molar-refractivity contribution in [2.24, 2.45) is 0 Å².